The number of amides is 1. The highest BCUT2D eigenvalue weighted by atomic mass is 16.4. The number of anilines is 1. The Bertz CT molecular complexity index is 2430. The Labute approximate surface area is 310 Å². The van der Waals surface area contributed by atoms with Crippen LogP contribution in [-0.4, -0.2) is 68.1 Å². The number of phenols is 1. The predicted molar refractivity (Wildman–Crippen MR) is 207 cm³/mol. The van der Waals surface area contributed by atoms with Crippen molar-refractivity contribution in [3.8, 4) is 16.9 Å². The van der Waals surface area contributed by atoms with Crippen LogP contribution in [0.4, 0.5) is 10.5 Å². The molecule has 0 saturated carbocycles. The predicted octanol–water partition coefficient (Wildman–Crippen LogP) is 5.84. The first-order valence-corrected chi connectivity index (χ1v) is 18.5. The molecule has 278 valence electrons. The highest BCUT2D eigenvalue weighted by Gasteiger charge is 2.41. The summed E-state index contributed by atoms with van der Waals surface area (Å²) < 4.78 is 7.27. The molecular weight excluding hydrogens is 686 g/mol. The Morgan fingerprint density at radius 1 is 0.963 bits per heavy atom. The fraction of sp³-hybridized carbons (Fsp3) is 0.310. The first-order chi connectivity index (χ1) is 26.2. The molecule has 0 unspecified atom stereocenters. The molecule has 1 amide bonds. The highest BCUT2D eigenvalue weighted by molar-refractivity contribution is 5.94. The van der Waals surface area contributed by atoms with Crippen LogP contribution in [0.2, 0.25) is 0 Å². The molecule has 54 heavy (non-hydrogen) atoms. The number of phenolic OH excluding ortho intramolecular Hbond substituents is 1. The van der Waals surface area contributed by atoms with Gasteiger partial charge < -0.3 is 34.9 Å². The maximum Gasteiger partial charge on any atom is 0.419 e. The number of H-pyrrole nitrogens is 1. The summed E-state index contributed by atoms with van der Waals surface area (Å²) in [5.74, 6) is -0.174. The van der Waals surface area contributed by atoms with Gasteiger partial charge in [-0.25, -0.2) is 9.59 Å². The molecule has 0 radical (unpaired) electrons. The van der Waals surface area contributed by atoms with Gasteiger partial charge in [0, 0.05) is 43.2 Å². The fourth-order valence-electron chi connectivity index (χ4n) is 8.33. The van der Waals surface area contributed by atoms with E-state index in [1.165, 1.54) is 12.1 Å². The first kappa shape index (κ1) is 35.3. The number of aliphatic hydroxyl groups excluding tert-OH is 1. The topological polar surface area (TPSA) is 164 Å². The Hall–Kier alpha value is -5.69. The molecule has 3 aliphatic heterocycles. The van der Waals surface area contributed by atoms with Crippen LogP contribution in [0, 0.1) is 5.92 Å². The van der Waals surface area contributed by atoms with E-state index >= 15 is 0 Å². The number of rotatable bonds is 12. The highest BCUT2D eigenvalue weighted by Crippen LogP contribution is 2.39. The zero-order chi connectivity index (χ0) is 37.3. The summed E-state index contributed by atoms with van der Waals surface area (Å²) in [6.45, 7) is 3.83. The number of carbonyl (C=O) groups is 1. The molecule has 4 aromatic carbocycles. The summed E-state index contributed by atoms with van der Waals surface area (Å²) >= 11 is 0. The number of oxazole rings is 1. The van der Waals surface area contributed by atoms with Crippen LogP contribution < -0.4 is 21.5 Å². The number of hydrogen-bond donors (Lipinski definition) is 5. The van der Waals surface area contributed by atoms with E-state index in [1.807, 2.05) is 60.7 Å². The average molecular weight is 730 g/mol. The number of aliphatic hydroxyl groups is 1. The van der Waals surface area contributed by atoms with Crippen molar-refractivity contribution >= 4 is 33.8 Å². The van der Waals surface area contributed by atoms with E-state index in [4.69, 9.17) is 4.42 Å². The smallest absolute Gasteiger partial charge is 0.419 e. The molecule has 2 aromatic heterocycles. The number of nitrogens with one attached hydrogen (secondary N) is 2. The standard InChI is InChI=1S/C42H43N5O7/c48-36-14-11-31(32-12-15-39(50)44-40(32)36)37(49)24-43-23-27-9-13-33-38(22-27)54-42(53)46(33)18-4-5-26-8-10-30(28-6-2-1-3-7-28)34(21-26)47(41(51)52)35-25-45-19-16-29(35)17-20-45/h1-3,6-15,21-22,29,35,37,43,48-49H,4-5,16-20,23-25H2,(H,44,50)(H,51,52)/t35-,37-/m0/s1. The van der Waals surface area contributed by atoms with E-state index in [-0.39, 0.29) is 29.4 Å². The molecule has 12 nitrogen and oxygen atoms in total. The van der Waals surface area contributed by atoms with Gasteiger partial charge in [-0.15, -0.1) is 0 Å². The third-order valence-electron chi connectivity index (χ3n) is 11.1. The Kier molecular flexibility index (Phi) is 9.80. The molecular formula is C42H43N5O7. The van der Waals surface area contributed by atoms with E-state index in [1.54, 1.807) is 21.6 Å². The fourth-order valence-corrected chi connectivity index (χ4v) is 8.33. The van der Waals surface area contributed by atoms with Gasteiger partial charge >= 0.3 is 11.8 Å². The number of fused-ring (bicyclic) bond motifs is 5. The van der Waals surface area contributed by atoms with E-state index in [0.717, 1.165) is 54.7 Å². The van der Waals surface area contributed by atoms with E-state index in [2.05, 4.69) is 21.3 Å². The summed E-state index contributed by atoms with van der Waals surface area (Å²) in [6, 6.07) is 27.5. The lowest BCUT2D eigenvalue weighted by Gasteiger charge is -2.48. The molecule has 5 heterocycles. The third-order valence-corrected chi connectivity index (χ3v) is 11.1. The number of aromatic amines is 1. The van der Waals surface area contributed by atoms with Crippen LogP contribution in [0.25, 0.3) is 33.1 Å². The van der Waals surface area contributed by atoms with Crippen molar-refractivity contribution in [1.29, 1.82) is 0 Å². The lowest BCUT2D eigenvalue weighted by molar-refractivity contribution is 0.0837. The number of aryl methyl sites for hydroxylation is 2. The minimum Gasteiger partial charge on any atom is -0.506 e. The van der Waals surface area contributed by atoms with Crippen LogP contribution in [0.5, 0.6) is 5.75 Å². The first-order valence-electron chi connectivity index (χ1n) is 18.5. The Morgan fingerprint density at radius 2 is 1.76 bits per heavy atom. The minimum absolute atomic E-state index is 0.0677. The average Bonchev–Trinajstić information content (AvgIpc) is 3.49. The van der Waals surface area contributed by atoms with Gasteiger partial charge in [0.25, 0.3) is 0 Å². The van der Waals surface area contributed by atoms with Gasteiger partial charge in [-0.3, -0.25) is 14.3 Å². The molecule has 0 aliphatic carbocycles. The van der Waals surface area contributed by atoms with Crippen LogP contribution in [0.3, 0.4) is 0 Å². The van der Waals surface area contributed by atoms with E-state index in [0.29, 0.717) is 59.6 Å². The second kappa shape index (κ2) is 15.0. The Balaban J connectivity index is 0.949. The lowest BCUT2D eigenvalue weighted by Crippen LogP contribution is -2.59. The number of benzene rings is 4. The Morgan fingerprint density at radius 3 is 2.52 bits per heavy atom. The van der Waals surface area contributed by atoms with Crippen molar-refractivity contribution in [3.63, 3.8) is 0 Å². The molecule has 3 aliphatic rings. The van der Waals surface area contributed by atoms with Crippen LogP contribution in [0.1, 0.15) is 42.1 Å². The van der Waals surface area contributed by atoms with Crippen molar-refractivity contribution in [2.75, 3.05) is 31.1 Å². The SMILES string of the molecule is O=C(O)N(c1cc(CCCn2c(=O)oc3cc(CNC[C@H](O)c4ccc(O)c5[nH]c(=O)ccc45)ccc32)ccc1-c1ccccc1)[C@H]1CN2CCC1CC2. The number of carboxylic acid groups (broad SMARTS) is 1. The van der Waals surface area contributed by atoms with Gasteiger partial charge in [-0.05, 0) is 97.3 Å². The van der Waals surface area contributed by atoms with Gasteiger partial charge in [0.05, 0.1) is 28.9 Å². The number of hydrogen-bond acceptors (Lipinski definition) is 8. The van der Waals surface area contributed by atoms with Crippen molar-refractivity contribution in [3.05, 3.63) is 129 Å². The summed E-state index contributed by atoms with van der Waals surface area (Å²) in [6.07, 6.45) is 1.47. The zero-order valence-electron chi connectivity index (χ0n) is 29.8. The van der Waals surface area contributed by atoms with E-state index < -0.39 is 18.0 Å². The number of aromatic nitrogens is 2. The van der Waals surface area contributed by atoms with Crippen molar-refractivity contribution in [2.24, 2.45) is 5.92 Å². The summed E-state index contributed by atoms with van der Waals surface area (Å²) in [5.41, 5.74) is 6.10. The molecule has 6 aromatic rings. The lowest BCUT2D eigenvalue weighted by atomic mass is 9.82. The molecule has 2 bridgehead atoms. The number of piperidine rings is 3. The monoisotopic (exact) mass is 729 g/mol. The van der Waals surface area contributed by atoms with Crippen LogP contribution in [0.15, 0.2) is 105 Å². The normalized spacial score (nSPS) is 18.6. The van der Waals surface area contributed by atoms with Crippen molar-refractivity contribution in [2.45, 2.75) is 50.9 Å². The zero-order valence-corrected chi connectivity index (χ0v) is 29.8. The van der Waals surface area contributed by atoms with Gasteiger partial charge in [-0.2, -0.15) is 0 Å². The number of nitrogens with zero attached hydrogens (tertiary/aromatic N) is 3. The maximum absolute atomic E-state index is 13.0. The molecule has 3 fully saturated rings. The van der Waals surface area contributed by atoms with Gasteiger partial charge in [0.2, 0.25) is 5.56 Å². The second-order valence-corrected chi connectivity index (χ2v) is 14.4. The summed E-state index contributed by atoms with van der Waals surface area (Å²) in [5, 5.41) is 35.5. The summed E-state index contributed by atoms with van der Waals surface area (Å²) in [7, 11) is 0. The minimum atomic E-state index is -0.935. The largest absolute Gasteiger partial charge is 0.506 e. The molecule has 3 saturated heterocycles. The van der Waals surface area contributed by atoms with Crippen molar-refractivity contribution < 1.29 is 24.5 Å². The number of pyridine rings is 1. The third kappa shape index (κ3) is 7.03. The molecule has 12 heteroatoms. The van der Waals surface area contributed by atoms with Gasteiger partial charge in [0.1, 0.15) is 5.75 Å². The summed E-state index contributed by atoms with van der Waals surface area (Å²) in [4.78, 5) is 44.3. The quantitative estimate of drug-likeness (QED) is 0.104. The maximum atomic E-state index is 13.0. The van der Waals surface area contributed by atoms with Crippen molar-refractivity contribution in [1.82, 2.24) is 19.8 Å². The van der Waals surface area contributed by atoms with Crippen LogP contribution >= 0.6 is 0 Å². The molecule has 2 atom stereocenters. The van der Waals surface area contributed by atoms with E-state index in [9.17, 15) is 29.7 Å². The van der Waals surface area contributed by atoms with Crippen LogP contribution in [-0.2, 0) is 19.5 Å². The molecule has 9 rings (SSSR count). The molecule has 5 N–H and O–H groups in total. The van der Waals surface area contributed by atoms with Gasteiger partial charge in [0.15, 0.2) is 5.58 Å². The van der Waals surface area contributed by atoms with Gasteiger partial charge in [-0.1, -0.05) is 54.6 Å². The molecule has 0 spiro atoms. The number of aromatic hydroxyl groups is 1. The second-order valence-electron chi connectivity index (χ2n) is 14.4.